The van der Waals surface area contributed by atoms with Crippen molar-refractivity contribution < 1.29 is 9.32 Å². The summed E-state index contributed by atoms with van der Waals surface area (Å²) in [5.41, 5.74) is 2.47. The number of carbonyl (C=O) groups excluding carboxylic acids is 1. The molecular formula is C17H14ClN5O2S. The van der Waals surface area contributed by atoms with Gasteiger partial charge in [-0.3, -0.25) is 4.79 Å². The van der Waals surface area contributed by atoms with Crippen LogP contribution in [0.15, 0.2) is 46.6 Å². The van der Waals surface area contributed by atoms with E-state index in [1.54, 1.807) is 22.7 Å². The number of nitrogens with zero attached hydrogens (tertiary/aromatic N) is 4. The van der Waals surface area contributed by atoms with Crippen molar-refractivity contribution in [3.05, 3.63) is 58.4 Å². The van der Waals surface area contributed by atoms with Gasteiger partial charge in [0, 0.05) is 35.0 Å². The smallest absolute Gasteiger partial charge is 0.226 e. The van der Waals surface area contributed by atoms with Crippen LogP contribution in [0.4, 0.5) is 0 Å². The van der Waals surface area contributed by atoms with Gasteiger partial charge in [0.2, 0.25) is 10.9 Å². The van der Waals surface area contributed by atoms with Gasteiger partial charge in [-0.2, -0.15) is 5.10 Å². The first kappa shape index (κ1) is 16.7. The average Bonchev–Trinajstić information content (AvgIpc) is 3.34. The van der Waals surface area contributed by atoms with Crippen molar-refractivity contribution >= 4 is 33.8 Å². The second kappa shape index (κ2) is 7.27. The average molecular weight is 388 g/mol. The van der Waals surface area contributed by atoms with Gasteiger partial charge in [0.05, 0.1) is 17.8 Å². The van der Waals surface area contributed by atoms with Gasteiger partial charge >= 0.3 is 0 Å². The van der Waals surface area contributed by atoms with Crippen LogP contribution in [0.3, 0.4) is 0 Å². The topological polar surface area (TPSA) is 85.3 Å². The van der Waals surface area contributed by atoms with Crippen molar-refractivity contribution in [2.24, 2.45) is 0 Å². The molecule has 0 aliphatic rings. The number of aromatic nitrogens is 4. The number of benzene rings is 1. The fourth-order valence-electron chi connectivity index (χ4n) is 2.55. The SMILES string of the molecule is O=C(Cc1cc(-c2ccc(Cl)cc2)on1)NCCc1csc2ncnn12. The van der Waals surface area contributed by atoms with Crippen LogP contribution in [0.25, 0.3) is 16.3 Å². The van der Waals surface area contributed by atoms with E-state index < -0.39 is 0 Å². The lowest BCUT2D eigenvalue weighted by Crippen LogP contribution is -2.27. The molecule has 0 aliphatic heterocycles. The summed E-state index contributed by atoms with van der Waals surface area (Å²) in [5, 5.41) is 13.7. The zero-order valence-electron chi connectivity index (χ0n) is 13.6. The number of fused-ring (bicyclic) bond motifs is 1. The van der Waals surface area contributed by atoms with E-state index in [0.29, 0.717) is 29.4 Å². The molecule has 3 heterocycles. The molecule has 1 N–H and O–H groups in total. The minimum absolute atomic E-state index is 0.106. The lowest BCUT2D eigenvalue weighted by molar-refractivity contribution is -0.120. The third-order valence-electron chi connectivity index (χ3n) is 3.82. The molecule has 4 rings (SSSR count). The van der Waals surface area contributed by atoms with Crippen molar-refractivity contribution in [2.75, 3.05) is 6.54 Å². The third kappa shape index (κ3) is 3.61. The monoisotopic (exact) mass is 387 g/mol. The van der Waals surface area contributed by atoms with Crippen molar-refractivity contribution in [3.8, 4) is 11.3 Å². The normalized spacial score (nSPS) is 11.1. The largest absolute Gasteiger partial charge is 0.356 e. The van der Waals surface area contributed by atoms with Crippen molar-refractivity contribution in [1.29, 1.82) is 0 Å². The molecule has 0 fully saturated rings. The van der Waals surface area contributed by atoms with Gasteiger partial charge in [-0.05, 0) is 24.3 Å². The second-order valence-electron chi connectivity index (χ2n) is 5.65. The Kier molecular flexibility index (Phi) is 4.68. The fraction of sp³-hybridized carbons (Fsp3) is 0.176. The number of amides is 1. The highest BCUT2D eigenvalue weighted by Crippen LogP contribution is 2.22. The summed E-state index contributed by atoms with van der Waals surface area (Å²) in [5.74, 6) is 0.502. The van der Waals surface area contributed by atoms with Gasteiger partial charge in [-0.15, -0.1) is 11.3 Å². The van der Waals surface area contributed by atoms with E-state index in [-0.39, 0.29) is 12.3 Å². The molecule has 0 spiro atoms. The molecule has 7 nitrogen and oxygen atoms in total. The Labute approximate surface area is 157 Å². The summed E-state index contributed by atoms with van der Waals surface area (Å²) in [6.07, 6.45) is 2.38. The lowest BCUT2D eigenvalue weighted by Gasteiger charge is -2.02. The van der Waals surface area contributed by atoms with Crippen LogP contribution in [0.2, 0.25) is 5.02 Å². The maximum Gasteiger partial charge on any atom is 0.226 e. The molecule has 0 unspecified atom stereocenters. The van der Waals surface area contributed by atoms with Gasteiger partial charge in [0.15, 0.2) is 5.76 Å². The highest BCUT2D eigenvalue weighted by molar-refractivity contribution is 7.15. The minimum Gasteiger partial charge on any atom is -0.356 e. The molecular weight excluding hydrogens is 374 g/mol. The molecule has 0 radical (unpaired) electrons. The number of rotatable bonds is 6. The van der Waals surface area contributed by atoms with Crippen LogP contribution < -0.4 is 5.32 Å². The Morgan fingerprint density at radius 2 is 2.15 bits per heavy atom. The van der Waals surface area contributed by atoms with Gasteiger partial charge < -0.3 is 9.84 Å². The lowest BCUT2D eigenvalue weighted by atomic mass is 10.1. The van der Waals surface area contributed by atoms with Gasteiger partial charge in [-0.1, -0.05) is 16.8 Å². The van der Waals surface area contributed by atoms with Crippen LogP contribution in [-0.4, -0.2) is 32.2 Å². The summed E-state index contributed by atoms with van der Waals surface area (Å²) >= 11 is 7.41. The van der Waals surface area contributed by atoms with E-state index in [1.165, 1.54) is 17.7 Å². The standard InChI is InChI=1S/C17H14ClN5O2S/c18-12-3-1-11(2-4-12)15-7-13(22-25-15)8-16(24)19-6-5-14-9-26-17-20-10-21-23(14)17/h1-4,7,9-10H,5-6,8H2,(H,19,24). The first-order chi connectivity index (χ1) is 12.7. The van der Waals surface area contributed by atoms with E-state index in [1.807, 2.05) is 17.5 Å². The van der Waals surface area contributed by atoms with Gasteiger partial charge in [0.25, 0.3) is 0 Å². The maximum atomic E-state index is 12.1. The van der Waals surface area contributed by atoms with E-state index in [0.717, 1.165) is 16.2 Å². The Balaban J connectivity index is 1.31. The predicted octanol–water partition coefficient (Wildman–Crippen LogP) is 3.00. The molecule has 0 saturated carbocycles. The number of carbonyl (C=O) groups is 1. The molecule has 1 aromatic carbocycles. The van der Waals surface area contributed by atoms with Crippen LogP contribution in [-0.2, 0) is 17.6 Å². The number of hydrogen-bond donors (Lipinski definition) is 1. The number of thiazole rings is 1. The third-order valence-corrected chi connectivity index (χ3v) is 4.95. The number of halogens is 1. The van der Waals surface area contributed by atoms with Crippen molar-refractivity contribution in [1.82, 2.24) is 25.1 Å². The zero-order valence-corrected chi connectivity index (χ0v) is 15.1. The quantitative estimate of drug-likeness (QED) is 0.549. The summed E-state index contributed by atoms with van der Waals surface area (Å²) < 4.78 is 7.09. The Hall–Kier alpha value is -2.71. The number of hydrogen-bond acceptors (Lipinski definition) is 6. The fourth-order valence-corrected chi connectivity index (χ4v) is 3.50. The summed E-state index contributed by atoms with van der Waals surface area (Å²) in [4.78, 5) is 17.1. The summed E-state index contributed by atoms with van der Waals surface area (Å²) in [6, 6.07) is 9.02. The molecule has 26 heavy (non-hydrogen) atoms. The molecule has 132 valence electrons. The molecule has 0 saturated heterocycles. The Morgan fingerprint density at radius 1 is 1.31 bits per heavy atom. The van der Waals surface area contributed by atoms with Crippen molar-refractivity contribution in [3.63, 3.8) is 0 Å². The second-order valence-corrected chi connectivity index (χ2v) is 6.92. The van der Waals surface area contributed by atoms with E-state index in [4.69, 9.17) is 16.1 Å². The highest BCUT2D eigenvalue weighted by Gasteiger charge is 2.11. The molecule has 0 atom stereocenters. The predicted molar refractivity (Wildman–Crippen MR) is 98.2 cm³/mol. The van der Waals surface area contributed by atoms with Gasteiger partial charge in [-0.25, -0.2) is 9.50 Å². The Morgan fingerprint density at radius 3 is 3.00 bits per heavy atom. The molecule has 9 heteroatoms. The summed E-state index contributed by atoms with van der Waals surface area (Å²) in [7, 11) is 0. The van der Waals surface area contributed by atoms with Crippen LogP contribution in [0.5, 0.6) is 0 Å². The molecule has 4 aromatic rings. The maximum absolute atomic E-state index is 12.1. The molecule has 1 amide bonds. The highest BCUT2D eigenvalue weighted by atomic mass is 35.5. The summed E-state index contributed by atoms with van der Waals surface area (Å²) in [6.45, 7) is 0.520. The van der Waals surface area contributed by atoms with Crippen LogP contribution in [0.1, 0.15) is 11.4 Å². The minimum atomic E-state index is -0.106. The van der Waals surface area contributed by atoms with Crippen molar-refractivity contribution in [2.45, 2.75) is 12.8 Å². The first-order valence-electron chi connectivity index (χ1n) is 7.93. The zero-order chi connectivity index (χ0) is 17.9. The number of nitrogens with one attached hydrogen (secondary N) is 1. The van der Waals surface area contributed by atoms with E-state index in [2.05, 4.69) is 20.6 Å². The molecule has 3 aromatic heterocycles. The van der Waals surface area contributed by atoms with Crippen LogP contribution in [0, 0.1) is 0 Å². The van der Waals surface area contributed by atoms with E-state index in [9.17, 15) is 4.79 Å². The Bertz CT molecular complexity index is 1040. The van der Waals surface area contributed by atoms with E-state index >= 15 is 0 Å². The molecule has 0 aliphatic carbocycles. The van der Waals surface area contributed by atoms with Gasteiger partial charge in [0.1, 0.15) is 6.33 Å². The van der Waals surface area contributed by atoms with Crippen LogP contribution >= 0.6 is 22.9 Å². The first-order valence-corrected chi connectivity index (χ1v) is 9.19. The molecule has 0 bridgehead atoms.